The van der Waals surface area contributed by atoms with Crippen LogP contribution < -0.4 is 0 Å². The van der Waals surface area contributed by atoms with Gasteiger partial charge in [0.2, 0.25) is 0 Å². The molecule has 4 rings (SSSR count). The van der Waals surface area contributed by atoms with Crippen LogP contribution in [-0.2, 0) is 13.1 Å². The van der Waals surface area contributed by atoms with Crippen molar-refractivity contribution in [3.63, 3.8) is 0 Å². The van der Waals surface area contributed by atoms with E-state index >= 15 is 0 Å². The number of carbonyl (C=O) groups is 1. The summed E-state index contributed by atoms with van der Waals surface area (Å²) >= 11 is 6.02. The molecule has 6 nitrogen and oxygen atoms in total. The fourth-order valence-corrected chi connectivity index (χ4v) is 3.49. The number of benzene rings is 1. The summed E-state index contributed by atoms with van der Waals surface area (Å²) < 4.78 is 1.92. The Hall–Kier alpha value is -2.86. The molecule has 0 fully saturated rings. The van der Waals surface area contributed by atoms with E-state index < -0.39 is 6.09 Å². The molecule has 1 aliphatic heterocycles. The Morgan fingerprint density at radius 1 is 1.15 bits per heavy atom. The smallest absolute Gasteiger partial charge is 0.407 e. The van der Waals surface area contributed by atoms with E-state index in [4.69, 9.17) is 16.7 Å². The maximum atomic E-state index is 11.6. The molecule has 1 aromatic carbocycles. The molecule has 0 aliphatic carbocycles. The van der Waals surface area contributed by atoms with Crippen LogP contribution >= 0.6 is 11.6 Å². The van der Waals surface area contributed by atoms with Gasteiger partial charge < -0.3 is 5.11 Å². The number of amides is 1. The quantitative estimate of drug-likeness (QED) is 0.737. The molecule has 1 amide bonds. The van der Waals surface area contributed by atoms with Crippen molar-refractivity contribution < 1.29 is 9.90 Å². The molecule has 2 aromatic heterocycles. The topological polar surface area (TPSA) is 71.2 Å². The largest absolute Gasteiger partial charge is 0.465 e. The first-order valence-electron chi connectivity index (χ1n) is 8.30. The predicted molar refractivity (Wildman–Crippen MR) is 98.9 cm³/mol. The molecule has 0 saturated heterocycles. The normalized spacial score (nSPS) is 16.4. The van der Waals surface area contributed by atoms with Crippen molar-refractivity contribution in [2.24, 2.45) is 0 Å². The fraction of sp³-hybridized carbons (Fsp3) is 0.211. The van der Waals surface area contributed by atoms with Gasteiger partial charge in [0.15, 0.2) is 0 Å². The van der Waals surface area contributed by atoms with Crippen LogP contribution in [0.15, 0.2) is 48.8 Å². The lowest BCUT2D eigenvalue weighted by atomic mass is 9.98. The fourth-order valence-electron chi connectivity index (χ4n) is 3.36. The van der Waals surface area contributed by atoms with E-state index in [0.717, 1.165) is 28.1 Å². The molecule has 0 unspecified atom stereocenters. The third-order valence-corrected chi connectivity index (χ3v) is 4.93. The van der Waals surface area contributed by atoms with E-state index in [1.165, 1.54) is 4.90 Å². The maximum absolute atomic E-state index is 11.6. The zero-order chi connectivity index (χ0) is 18.3. The number of fused-ring (bicyclic) bond motifs is 1. The summed E-state index contributed by atoms with van der Waals surface area (Å²) in [5.74, 6) is 0. The minimum Gasteiger partial charge on any atom is -0.465 e. The highest BCUT2D eigenvalue weighted by atomic mass is 35.5. The Morgan fingerprint density at radius 2 is 1.85 bits per heavy atom. The molecule has 26 heavy (non-hydrogen) atoms. The number of aromatic nitrogens is 3. The average Bonchev–Trinajstić information content (AvgIpc) is 3.00. The summed E-state index contributed by atoms with van der Waals surface area (Å²) in [5, 5.41) is 15.0. The molecule has 1 aliphatic rings. The van der Waals surface area contributed by atoms with Crippen LogP contribution in [0.2, 0.25) is 5.02 Å². The van der Waals surface area contributed by atoms with Crippen LogP contribution in [0.3, 0.4) is 0 Å². The molecule has 3 aromatic rings. The third-order valence-electron chi connectivity index (χ3n) is 4.68. The van der Waals surface area contributed by atoms with E-state index in [9.17, 15) is 9.90 Å². The first-order valence-corrected chi connectivity index (χ1v) is 8.68. The zero-order valence-corrected chi connectivity index (χ0v) is 14.9. The van der Waals surface area contributed by atoms with Crippen LogP contribution in [0.5, 0.6) is 0 Å². The Morgan fingerprint density at radius 3 is 2.50 bits per heavy atom. The van der Waals surface area contributed by atoms with Gasteiger partial charge in [0.1, 0.15) is 5.69 Å². The van der Waals surface area contributed by atoms with Crippen molar-refractivity contribution in [2.75, 3.05) is 0 Å². The summed E-state index contributed by atoms with van der Waals surface area (Å²) in [5.41, 5.74) is 4.56. The molecule has 0 bridgehead atoms. The lowest BCUT2D eigenvalue weighted by Crippen LogP contribution is -2.44. The van der Waals surface area contributed by atoms with Crippen molar-refractivity contribution in [3.8, 4) is 22.4 Å². The maximum Gasteiger partial charge on any atom is 0.407 e. The van der Waals surface area contributed by atoms with Gasteiger partial charge in [-0.3, -0.25) is 14.6 Å². The second-order valence-corrected chi connectivity index (χ2v) is 6.79. The minimum absolute atomic E-state index is 0.136. The first-order chi connectivity index (χ1) is 12.5. The summed E-state index contributed by atoms with van der Waals surface area (Å²) in [6.07, 6.45) is 2.54. The molecule has 0 spiro atoms. The SMILES string of the molecule is C[C@@H]1Cn2nc(-c3ccc(Cl)cc3)c(-c3ccncc3)c2CN1C(=O)O. The van der Waals surface area contributed by atoms with Crippen LogP contribution in [-0.4, -0.2) is 36.9 Å². The van der Waals surface area contributed by atoms with E-state index in [1.54, 1.807) is 12.4 Å². The Labute approximate surface area is 155 Å². The van der Waals surface area contributed by atoms with Crippen LogP contribution in [0.25, 0.3) is 22.4 Å². The van der Waals surface area contributed by atoms with Gasteiger partial charge in [-0.1, -0.05) is 23.7 Å². The van der Waals surface area contributed by atoms with Crippen molar-refractivity contribution in [1.82, 2.24) is 19.7 Å². The summed E-state index contributed by atoms with van der Waals surface area (Å²) in [6, 6.07) is 11.2. The minimum atomic E-state index is -0.918. The molecule has 1 atom stereocenters. The molecule has 7 heteroatoms. The summed E-state index contributed by atoms with van der Waals surface area (Å²) in [4.78, 5) is 17.1. The molecule has 1 N–H and O–H groups in total. The van der Waals surface area contributed by atoms with Crippen molar-refractivity contribution in [2.45, 2.75) is 26.1 Å². The third kappa shape index (κ3) is 2.82. The van der Waals surface area contributed by atoms with Gasteiger partial charge >= 0.3 is 6.09 Å². The van der Waals surface area contributed by atoms with Crippen LogP contribution in [0, 0.1) is 0 Å². The van der Waals surface area contributed by atoms with E-state index in [-0.39, 0.29) is 6.04 Å². The van der Waals surface area contributed by atoms with Crippen molar-refractivity contribution in [1.29, 1.82) is 0 Å². The van der Waals surface area contributed by atoms with Gasteiger partial charge in [0, 0.05) is 28.5 Å². The molecule has 0 radical (unpaired) electrons. The molecular formula is C19H17ClN4O2. The molecular weight excluding hydrogens is 352 g/mol. The summed E-state index contributed by atoms with van der Waals surface area (Å²) in [6.45, 7) is 2.72. The number of hydrogen-bond donors (Lipinski definition) is 1. The number of nitrogens with zero attached hydrogens (tertiary/aromatic N) is 4. The molecule has 3 heterocycles. The van der Waals surface area contributed by atoms with E-state index in [1.807, 2.05) is 48.0 Å². The lowest BCUT2D eigenvalue weighted by Gasteiger charge is -2.32. The standard InChI is InChI=1S/C19H17ClN4O2/c1-12-10-24-16(11-23(12)19(25)26)17(13-6-8-21-9-7-13)18(22-24)14-2-4-15(20)5-3-14/h2-9,12H,10-11H2,1H3,(H,25,26)/t12-/m1/s1. The second kappa shape index (κ2) is 6.46. The predicted octanol–water partition coefficient (Wildman–Crippen LogP) is 4.15. The van der Waals surface area contributed by atoms with E-state index in [0.29, 0.717) is 18.1 Å². The highest BCUT2D eigenvalue weighted by molar-refractivity contribution is 6.30. The highest BCUT2D eigenvalue weighted by Gasteiger charge is 2.31. The first kappa shape index (κ1) is 16.6. The van der Waals surface area contributed by atoms with Gasteiger partial charge in [0.25, 0.3) is 0 Å². The lowest BCUT2D eigenvalue weighted by molar-refractivity contribution is 0.105. The van der Waals surface area contributed by atoms with Gasteiger partial charge in [-0.15, -0.1) is 0 Å². The number of hydrogen-bond acceptors (Lipinski definition) is 3. The van der Waals surface area contributed by atoms with Gasteiger partial charge in [0.05, 0.1) is 24.8 Å². The molecule has 132 valence electrons. The van der Waals surface area contributed by atoms with Gasteiger partial charge in [-0.2, -0.15) is 5.10 Å². The number of carboxylic acid groups (broad SMARTS) is 1. The van der Waals surface area contributed by atoms with Crippen LogP contribution in [0.4, 0.5) is 4.79 Å². The Balaban J connectivity index is 1.92. The zero-order valence-electron chi connectivity index (χ0n) is 14.1. The van der Waals surface area contributed by atoms with Gasteiger partial charge in [-0.25, -0.2) is 4.79 Å². The van der Waals surface area contributed by atoms with Gasteiger partial charge in [-0.05, 0) is 36.8 Å². The number of halogens is 1. The summed E-state index contributed by atoms with van der Waals surface area (Å²) in [7, 11) is 0. The Kier molecular flexibility index (Phi) is 4.12. The average molecular weight is 369 g/mol. The number of rotatable bonds is 2. The van der Waals surface area contributed by atoms with Crippen molar-refractivity contribution >= 4 is 17.7 Å². The molecule has 0 saturated carbocycles. The second-order valence-electron chi connectivity index (χ2n) is 6.35. The van der Waals surface area contributed by atoms with E-state index in [2.05, 4.69) is 4.98 Å². The number of pyridine rings is 1. The van der Waals surface area contributed by atoms with Crippen molar-refractivity contribution in [3.05, 3.63) is 59.5 Å². The monoisotopic (exact) mass is 368 g/mol. The van der Waals surface area contributed by atoms with Crippen LogP contribution in [0.1, 0.15) is 12.6 Å². The Bertz CT molecular complexity index is 954. The highest BCUT2D eigenvalue weighted by Crippen LogP contribution is 2.37.